The number of benzene rings is 1. The van der Waals surface area contributed by atoms with E-state index >= 15 is 0 Å². The van der Waals surface area contributed by atoms with E-state index in [1.807, 2.05) is 37.3 Å². The second-order valence-corrected chi connectivity index (χ2v) is 7.08. The maximum atomic E-state index is 12.2. The molecule has 0 unspecified atom stereocenters. The van der Waals surface area contributed by atoms with Gasteiger partial charge in [-0.05, 0) is 29.5 Å². The summed E-state index contributed by atoms with van der Waals surface area (Å²) < 4.78 is 12.3. The van der Waals surface area contributed by atoms with Gasteiger partial charge in [-0.2, -0.15) is 0 Å². The van der Waals surface area contributed by atoms with Crippen molar-refractivity contribution in [3.8, 4) is 0 Å². The van der Waals surface area contributed by atoms with Crippen LogP contribution in [-0.4, -0.2) is 49.4 Å². The average molecular weight is 437 g/mol. The highest BCUT2D eigenvalue weighted by molar-refractivity contribution is 6.10. The molecule has 2 aromatic heterocycles. The van der Waals surface area contributed by atoms with Crippen LogP contribution in [0.4, 0.5) is 10.6 Å². The number of tetrazole rings is 1. The molecule has 0 saturated heterocycles. The third-order valence-electron chi connectivity index (χ3n) is 4.63. The number of anilines is 1. The van der Waals surface area contributed by atoms with Crippen molar-refractivity contribution in [1.29, 1.82) is 0 Å². The minimum absolute atomic E-state index is 0.0784. The normalized spacial score (nSPS) is 14.6. The van der Waals surface area contributed by atoms with Gasteiger partial charge < -0.3 is 14.3 Å². The van der Waals surface area contributed by atoms with Crippen molar-refractivity contribution < 1.29 is 19.1 Å². The van der Waals surface area contributed by atoms with E-state index in [2.05, 4.69) is 31.0 Å². The van der Waals surface area contributed by atoms with Crippen molar-refractivity contribution in [3.63, 3.8) is 0 Å². The molecule has 1 aliphatic rings. The van der Waals surface area contributed by atoms with E-state index in [1.165, 1.54) is 4.68 Å². The summed E-state index contributed by atoms with van der Waals surface area (Å²) in [4.78, 5) is 22.1. The Hall–Kier alpha value is -3.86. The Labute approximate surface area is 184 Å². The van der Waals surface area contributed by atoms with Crippen molar-refractivity contribution in [3.05, 3.63) is 65.6 Å². The summed E-state index contributed by atoms with van der Waals surface area (Å²) in [6, 6.07) is 14.6. The molecule has 0 radical (unpaired) electrons. The topological polar surface area (TPSA) is 126 Å². The van der Waals surface area contributed by atoms with Gasteiger partial charge in [0, 0.05) is 32.1 Å². The molecule has 0 spiro atoms. The first kappa shape index (κ1) is 21.4. The van der Waals surface area contributed by atoms with E-state index < -0.39 is 11.9 Å². The fourth-order valence-electron chi connectivity index (χ4n) is 2.98. The summed E-state index contributed by atoms with van der Waals surface area (Å²) in [5, 5.41) is 18.4. The number of aryl methyl sites for hydroxylation is 1. The lowest BCUT2D eigenvalue weighted by Gasteiger charge is -2.16. The van der Waals surface area contributed by atoms with Crippen LogP contribution in [0.5, 0.6) is 0 Å². The molecule has 1 aliphatic carbocycles. The Morgan fingerprint density at radius 3 is 2.69 bits per heavy atom. The zero-order valence-electron chi connectivity index (χ0n) is 17.8. The number of pyridine rings is 1. The number of carbonyl (C=O) groups is 1. The fraction of sp³-hybridized carbons (Fsp3) is 0.333. The number of nitrogens with one attached hydrogen (secondary N) is 1. The number of oxime groups is 1. The second-order valence-electron chi connectivity index (χ2n) is 7.08. The van der Waals surface area contributed by atoms with Gasteiger partial charge in [0.05, 0.1) is 5.69 Å². The Morgan fingerprint density at radius 2 is 2.00 bits per heavy atom. The van der Waals surface area contributed by atoms with Gasteiger partial charge in [-0.25, -0.2) is 14.5 Å². The molecule has 1 saturated carbocycles. The van der Waals surface area contributed by atoms with Crippen LogP contribution in [0.3, 0.4) is 0 Å². The Balaban J connectivity index is 1.41. The van der Waals surface area contributed by atoms with Gasteiger partial charge >= 0.3 is 6.09 Å². The number of rotatable bonds is 9. The van der Waals surface area contributed by atoms with Gasteiger partial charge in [-0.3, -0.25) is 5.32 Å². The van der Waals surface area contributed by atoms with Gasteiger partial charge in [0.25, 0.3) is 0 Å². The van der Waals surface area contributed by atoms with Gasteiger partial charge in [-0.1, -0.05) is 41.6 Å². The van der Waals surface area contributed by atoms with Crippen LogP contribution in [-0.2, 0) is 28.0 Å². The number of hydrogen-bond acceptors (Lipinski definition) is 9. The van der Waals surface area contributed by atoms with E-state index in [0.29, 0.717) is 42.5 Å². The van der Waals surface area contributed by atoms with Crippen molar-refractivity contribution in [1.82, 2.24) is 25.2 Å². The largest absolute Gasteiger partial charge is 0.417 e. The van der Waals surface area contributed by atoms with Crippen LogP contribution >= 0.6 is 0 Å². The highest BCUT2D eigenvalue weighted by Crippen LogP contribution is 2.40. The second kappa shape index (κ2) is 9.52. The highest BCUT2D eigenvalue weighted by Gasteiger charge is 2.48. The summed E-state index contributed by atoms with van der Waals surface area (Å²) in [6.45, 7) is 2.42. The van der Waals surface area contributed by atoms with Gasteiger partial charge in [0.1, 0.15) is 5.82 Å². The molecule has 32 heavy (non-hydrogen) atoms. The molecule has 1 N–H and O–H groups in total. The molecule has 11 nitrogen and oxygen atoms in total. The number of hydrogen-bond donors (Lipinski definition) is 1. The summed E-state index contributed by atoms with van der Waals surface area (Å²) >= 11 is 0. The first-order valence-electron chi connectivity index (χ1n) is 10.2. The standard InChI is InChI=1S/C21H23N7O4/c1-3-30-21(12-13-21)32-20(29)23-17-11-7-10-16(22-17)14-31-25-18(15-8-5-4-6-9-15)19-24-26-27-28(19)2/h4-11H,3,12-14H2,1-2H3,(H,22,23,29). The third-order valence-corrected chi connectivity index (χ3v) is 4.63. The van der Waals surface area contributed by atoms with E-state index in [1.54, 1.807) is 25.2 Å². The molecule has 1 aromatic carbocycles. The van der Waals surface area contributed by atoms with Gasteiger partial charge in [0.15, 0.2) is 12.3 Å². The quantitative estimate of drug-likeness (QED) is 0.308. The lowest BCUT2D eigenvalue weighted by molar-refractivity contribution is -0.120. The van der Waals surface area contributed by atoms with Crippen LogP contribution in [0.2, 0.25) is 0 Å². The lowest BCUT2D eigenvalue weighted by atomic mass is 10.1. The minimum Gasteiger partial charge on any atom is -0.417 e. The molecule has 0 bridgehead atoms. The average Bonchev–Trinajstić information content (AvgIpc) is 3.40. The zero-order chi connectivity index (χ0) is 22.4. The van der Waals surface area contributed by atoms with Crippen molar-refractivity contribution >= 4 is 17.6 Å². The number of nitrogens with zero attached hydrogens (tertiary/aromatic N) is 6. The number of ether oxygens (including phenoxy) is 2. The van der Waals surface area contributed by atoms with Crippen molar-refractivity contribution in [2.75, 3.05) is 11.9 Å². The van der Waals surface area contributed by atoms with E-state index in [0.717, 1.165) is 5.56 Å². The summed E-state index contributed by atoms with van der Waals surface area (Å²) in [5.41, 5.74) is 1.86. The first-order chi connectivity index (χ1) is 15.6. The maximum Gasteiger partial charge on any atom is 0.415 e. The van der Waals surface area contributed by atoms with Gasteiger partial charge in [-0.15, -0.1) is 5.10 Å². The predicted octanol–water partition coefficient (Wildman–Crippen LogP) is 2.65. The molecule has 166 valence electrons. The molecule has 11 heteroatoms. The Kier molecular flexibility index (Phi) is 6.36. The molecular weight excluding hydrogens is 414 g/mol. The van der Waals surface area contributed by atoms with E-state index in [9.17, 15) is 4.79 Å². The molecule has 4 rings (SSSR count). The number of carbonyl (C=O) groups excluding carboxylic acids is 1. The van der Waals surface area contributed by atoms with Crippen LogP contribution in [0.1, 0.15) is 36.8 Å². The maximum absolute atomic E-state index is 12.2. The summed E-state index contributed by atoms with van der Waals surface area (Å²) in [6.07, 6.45) is 0.775. The van der Waals surface area contributed by atoms with E-state index in [4.69, 9.17) is 14.3 Å². The summed E-state index contributed by atoms with van der Waals surface area (Å²) in [5.74, 6) is 0.00959. The number of aromatic nitrogens is 5. The molecule has 0 atom stereocenters. The van der Waals surface area contributed by atoms with Crippen LogP contribution < -0.4 is 5.32 Å². The van der Waals surface area contributed by atoms with Crippen molar-refractivity contribution in [2.45, 2.75) is 32.2 Å². The number of amides is 1. The Morgan fingerprint density at radius 1 is 1.19 bits per heavy atom. The zero-order valence-corrected chi connectivity index (χ0v) is 17.8. The predicted molar refractivity (Wildman–Crippen MR) is 114 cm³/mol. The molecule has 2 heterocycles. The first-order valence-corrected chi connectivity index (χ1v) is 10.2. The molecule has 1 fully saturated rings. The van der Waals surface area contributed by atoms with Crippen LogP contribution in [0.15, 0.2) is 53.7 Å². The molecule has 3 aromatic rings. The minimum atomic E-state index is -0.795. The molecular formula is C21H23N7O4. The smallest absolute Gasteiger partial charge is 0.415 e. The Bertz CT molecular complexity index is 1100. The highest BCUT2D eigenvalue weighted by atomic mass is 16.7. The SMILES string of the molecule is CCOC1(OC(=O)Nc2cccc(CON=C(c3ccccc3)c3nnnn3C)n2)CC1. The van der Waals surface area contributed by atoms with E-state index in [-0.39, 0.29) is 6.61 Å². The fourth-order valence-corrected chi connectivity index (χ4v) is 2.98. The van der Waals surface area contributed by atoms with Crippen LogP contribution in [0.25, 0.3) is 0 Å². The molecule has 0 aliphatic heterocycles. The van der Waals surface area contributed by atoms with Gasteiger partial charge in [0.2, 0.25) is 11.6 Å². The van der Waals surface area contributed by atoms with Crippen LogP contribution in [0, 0.1) is 0 Å². The summed E-state index contributed by atoms with van der Waals surface area (Å²) in [7, 11) is 1.72. The van der Waals surface area contributed by atoms with Crippen molar-refractivity contribution in [2.24, 2.45) is 12.2 Å². The third kappa shape index (κ3) is 5.24. The lowest BCUT2D eigenvalue weighted by Crippen LogP contribution is -2.26. The molecule has 1 amide bonds. The monoisotopic (exact) mass is 437 g/mol.